The third kappa shape index (κ3) is 5.85. The van der Waals surface area contributed by atoms with Crippen molar-refractivity contribution in [3.05, 3.63) is 0 Å². The summed E-state index contributed by atoms with van der Waals surface area (Å²) in [5, 5.41) is 0. The van der Waals surface area contributed by atoms with Gasteiger partial charge in [0.1, 0.15) is 6.54 Å². The first-order valence-electron chi connectivity index (χ1n) is 6.30. The maximum absolute atomic E-state index is 12.2. The number of likely N-dealkylation sites (N-methyl/N-ethyl adjacent to an activating group) is 1. The van der Waals surface area contributed by atoms with Gasteiger partial charge in [0.15, 0.2) is 0 Å². The summed E-state index contributed by atoms with van der Waals surface area (Å²) in [6.45, 7) is 4.10. The van der Waals surface area contributed by atoms with Gasteiger partial charge in [0.05, 0.1) is 6.54 Å². The summed E-state index contributed by atoms with van der Waals surface area (Å²) in [6.07, 6.45) is -3.60. The minimum absolute atomic E-state index is 0. The second kappa shape index (κ2) is 6.95. The highest BCUT2D eigenvalue weighted by Crippen LogP contribution is 2.27. The number of nitrogens with two attached hydrogens (primary N) is 1. The lowest BCUT2D eigenvalue weighted by atomic mass is 9.80. The molecule has 0 aliphatic carbocycles. The maximum atomic E-state index is 12.2. The van der Waals surface area contributed by atoms with Crippen LogP contribution < -0.4 is 5.73 Å². The number of alkyl halides is 3. The van der Waals surface area contributed by atoms with Crippen LogP contribution in [-0.2, 0) is 4.79 Å². The minimum Gasteiger partial charge on any atom is -0.336 e. The van der Waals surface area contributed by atoms with E-state index in [4.69, 9.17) is 5.73 Å². The van der Waals surface area contributed by atoms with Crippen LogP contribution >= 0.6 is 12.4 Å². The van der Waals surface area contributed by atoms with Gasteiger partial charge in [-0.25, -0.2) is 0 Å². The summed E-state index contributed by atoms with van der Waals surface area (Å²) in [5.74, 6) is -0.511. The summed E-state index contributed by atoms with van der Waals surface area (Å²) < 4.78 is 36.6. The normalized spacial score (nSPS) is 23.1. The fraction of sp³-hybridized carbons (Fsp3) is 0.917. The van der Waals surface area contributed by atoms with Crippen LogP contribution in [0.1, 0.15) is 20.3 Å². The van der Waals surface area contributed by atoms with Crippen LogP contribution in [0.2, 0.25) is 0 Å². The minimum atomic E-state index is -4.35. The largest absolute Gasteiger partial charge is 0.406 e. The molecule has 1 atom stereocenters. The quantitative estimate of drug-likeness (QED) is 0.858. The van der Waals surface area contributed by atoms with Gasteiger partial charge >= 0.3 is 6.18 Å². The van der Waals surface area contributed by atoms with Gasteiger partial charge in [0, 0.05) is 26.2 Å². The van der Waals surface area contributed by atoms with Crippen LogP contribution in [0.25, 0.3) is 0 Å². The van der Waals surface area contributed by atoms with Gasteiger partial charge in [-0.05, 0) is 11.8 Å². The van der Waals surface area contributed by atoms with Crippen molar-refractivity contribution >= 4 is 18.3 Å². The zero-order valence-electron chi connectivity index (χ0n) is 12.0. The van der Waals surface area contributed by atoms with Crippen molar-refractivity contribution in [1.29, 1.82) is 0 Å². The first-order chi connectivity index (χ1) is 8.51. The lowest BCUT2D eigenvalue weighted by molar-refractivity contribution is -0.159. The Labute approximate surface area is 123 Å². The molecule has 4 nitrogen and oxygen atoms in total. The number of carbonyl (C=O) groups is 1. The number of piperidine rings is 1. The molecule has 0 aromatic carbocycles. The monoisotopic (exact) mass is 317 g/mol. The molecule has 1 fully saturated rings. The molecule has 1 heterocycles. The van der Waals surface area contributed by atoms with Crippen LogP contribution in [0, 0.1) is 5.41 Å². The Morgan fingerprint density at radius 3 is 2.45 bits per heavy atom. The highest BCUT2D eigenvalue weighted by molar-refractivity contribution is 5.85. The third-order valence-electron chi connectivity index (χ3n) is 3.59. The standard InChI is InChI=1S/C12H22F3N3O.ClH/c1-11(2)7-18(5-4-9(11)16)6-10(19)17(3)8-12(13,14)15;/h9H,4-8,16H2,1-3H3;1H. The smallest absolute Gasteiger partial charge is 0.336 e. The Morgan fingerprint density at radius 2 is 2.00 bits per heavy atom. The van der Waals surface area contributed by atoms with Crippen molar-refractivity contribution in [1.82, 2.24) is 9.80 Å². The van der Waals surface area contributed by atoms with Crippen molar-refractivity contribution in [3.8, 4) is 0 Å². The summed E-state index contributed by atoms with van der Waals surface area (Å²) >= 11 is 0. The van der Waals surface area contributed by atoms with Crippen LogP contribution in [0.15, 0.2) is 0 Å². The zero-order valence-corrected chi connectivity index (χ0v) is 12.9. The summed E-state index contributed by atoms with van der Waals surface area (Å²) in [7, 11) is 1.18. The second-order valence-electron chi connectivity index (χ2n) is 5.96. The fourth-order valence-electron chi connectivity index (χ4n) is 2.29. The average Bonchev–Trinajstić information content (AvgIpc) is 2.20. The number of halogens is 4. The van der Waals surface area contributed by atoms with Gasteiger partial charge < -0.3 is 10.6 Å². The molecule has 1 rings (SSSR count). The summed E-state index contributed by atoms with van der Waals surface area (Å²) in [5.41, 5.74) is 5.85. The van der Waals surface area contributed by atoms with Gasteiger partial charge in [0.25, 0.3) is 0 Å². The first kappa shape index (κ1) is 19.5. The Bertz CT molecular complexity index is 336. The van der Waals surface area contributed by atoms with E-state index in [0.29, 0.717) is 13.1 Å². The number of hydrogen-bond donors (Lipinski definition) is 1. The van der Waals surface area contributed by atoms with Crippen molar-refractivity contribution < 1.29 is 18.0 Å². The molecule has 20 heavy (non-hydrogen) atoms. The first-order valence-corrected chi connectivity index (χ1v) is 6.30. The number of rotatable bonds is 3. The predicted octanol–water partition coefficient (Wildman–Crippen LogP) is 1.49. The zero-order chi connectivity index (χ0) is 14.8. The number of hydrogen-bond acceptors (Lipinski definition) is 3. The third-order valence-corrected chi connectivity index (χ3v) is 3.59. The highest BCUT2D eigenvalue weighted by atomic mass is 35.5. The van der Waals surface area contributed by atoms with E-state index in [1.807, 2.05) is 18.7 Å². The van der Waals surface area contributed by atoms with Gasteiger partial charge in [-0.1, -0.05) is 13.8 Å². The van der Waals surface area contributed by atoms with Gasteiger partial charge in [-0.15, -0.1) is 12.4 Å². The molecule has 1 aliphatic heterocycles. The molecule has 2 N–H and O–H groups in total. The molecular weight excluding hydrogens is 295 g/mol. The van der Waals surface area contributed by atoms with E-state index in [1.165, 1.54) is 7.05 Å². The van der Waals surface area contributed by atoms with E-state index in [1.54, 1.807) is 0 Å². The molecule has 0 aromatic heterocycles. The molecule has 1 amide bonds. The molecule has 120 valence electrons. The Balaban J connectivity index is 0.00000361. The van der Waals surface area contributed by atoms with Crippen molar-refractivity contribution in [2.75, 3.05) is 33.2 Å². The lowest BCUT2D eigenvalue weighted by Gasteiger charge is -2.42. The van der Waals surface area contributed by atoms with Crippen LogP contribution in [0.3, 0.4) is 0 Å². The SMILES string of the molecule is CN(CC(F)(F)F)C(=O)CN1CCC(N)C(C)(C)C1.Cl. The van der Waals surface area contributed by atoms with Crippen molar-refractivity contribution in [3.63, 3.8) is 0 Å². The lowest BCUT2D eigenvalue weighted by Crippen LogP contribution is -2.54. The maximum Gasteiger partial charge on any atom is 0.406 e. The fourth-order valence-corrected chi connectivity index (χ4v) is 2.29. The van der Waals surface area contributed by atoms with E-state index in [2.05, 4.69) is 0 Å². The Kier molecular flexibility index (Phi) is 6.77. The molecule has 1 saturated heterocycles. The molecule has 0 spiro atoms. The van der Waals surface area contributed by atoms with Crippen LogP contribution in [0.5, 0.6) is 0 Å². The molecule has 0 saturated carbocycles. The van der Waals surface area contributed by atoms with E-state index >= 15 is 0 Å². The molecule has 0 bridgehead atoms. The van der Waals surface area contributed by atoms with Crippen LogP contribution in [0.4, 0.5) is 13.2 Å². The van der Waals surface area contributed by atoms with Gasteiger partial charge in [-0.2, -0.15) is 13.2 Å². The topological polar surface area (TPSA) is 49.6 Å². The van der Waals surface area contributed by atoms with E-state index < -0.39 is 18.6 Å². The number of nitrogens with zero attached hydrogens (tertiary/aromatic N) is 2. The van der Waals surface area contributed by atoms with E-state index in [-0.39, 0.29) is 30.4 Å². The number of carbonyl (C=O) groups excluding carboxylic acids is 1. The van der Waals surface area contributed by atoms with E-state index in [0.717, 1.165) is 11.3 Å². The number of amides is 1. The van der Waals surface area contributed by atoms with Gasteiger partial charge in [-0.3, -0.25) is 9.69 Å². The molecular formula is C12H23ClF3N3O. The summed E-state index contributed by atoms with van der Waals surface area (Å²) in [4.78, 5) is 14.3. The van der Waals surface area contributed by atoms with Crippen molar-refractivity contribution in [2.45, 2.75) is 32.5 Å². The second-order valence-corrected chi connectivity index (χ2v) is 5.96. The molecule has 0 radical (unpaired) electrons. The highest BCUT2D eigenvalue weighted by Gasteiger charge is 2.35. The molecule has 8 heteroatoms. The Morgan fingerprint density at radius 1 is 1.45 bits per heavy atom. The average molecular weight is 318 g/mol. The number of likely N-dealkylation sites (tertiary alicyclic amines) is 1. The predicted molar refractivity (Wildman–Crippen MR) is 73.8 cm³/mol. The molecule has 1 aliphatic rings. The molecule has 1 unspecified atom stereocenters. The van der Waals surface area contributed by atoms with E-state index in [9.17, 15) is 18.0 Å². The molecule has 0 aromatic rings. The van der Waals surface area contributed by atoms with Crippen molar-refractivity contribution in [2.24, 2.45) is 11.1 Å². The van der Waals surface area contributed by atoms with Gasteiger partial charge in [0.2, 0.25) is 5.91 Å². The summed E-state index contributed by atoms with van der Waals surface area (Å²) in [6, 6.07) is 0.0618. The Hall–Kier alpha value is -0.530. The van der Waals surface area contributed by atoms with Crippen LogP contribution in [-0.4, -0.2) is 61.2 Å².